The zero-order valence-electron chi connectivity index (χ0n) is 17.7. The molecule has 4 aliphatic carbocycles. The van der Waals surface area contributed by atoms with Gasteiger partial charge in [0.1, 0.15) is 5.78 Å². The number of hydrogen-bond donors (Lipinski definition) is 0. The third-order valence-electron chi connectivity index (χ3n) is 7.95. The number of nitro groups is 1. The molecule has 1 aliphatic heterocycles. The molecule has 0 saturated heterocycles. The number of nitrogens with zero attached hydrogens (tertiary/aromatic N) is 2. The van der Waals surface area contributed by atoms with Gasteiger partial charge in [0.15, 0.2) is 0 Å². The van der Waals surface area contributed by atoms with Crippen molar-refractivity contribution in [2.24, 2.45) is 28.2 Å². The van der Waals surface area contributed by atoms with Crippen LogP contribution in [0.3, 0.4) is 0 Å². The number of carbonyl (C=O) groups excluding carboxylic acids is 1. The first-order valence-corrected chi connectivity index (χ1v) is 11.0. The third kappa shape index (κ3) is 3.13. The van der Waals surface area contributed by atoms with Gasteiger partial charge < -0.3 is 0 Å². The molecule has 1 aromatic carbocycles. The fourth-order valence-corrected chi connectivity index (χ4v) is 7.23. The van der Waals surface area contributed by atoms with Gasteiger partial charge in [-0.2, -0.15) is 0 Å². The van der Waals surface area contributed by atoms with E-state index in [9.17, 15) is 14.9 Å². The summed E-state index contributed by atoms with van der Waals surface area (Å²) in [5.74, 6) is 2.52. The molecule has 0 N–H and O–H groups in total. The van der Waals surface area contributed by atoms with Crippen LogP contribution in [0.4, 0.5) is 5.69 Å². The zero-order chi connectivity index (χ0) is 20.6. The maximum Gasteiger partial charge on any atom is 0.272 e. The van der Waals surface area contributed by atoms with E-state index in [-0.39, 0.29) is 21.6 Å². The van der Waals surface area contributed by atoms with Crippen LogP contribution >= 0.6 is 0 Å². The fourth-order valence-electron chi connectivity index (χ4n) is 7.23. The van der Waals surface area contributed by atoms with E-state index in [1.807, 2.05) is 6.07 Å². The van der Waals surface area contributed by atoms with E-state index in [1.54, 1.807) is 13.0 Å². The first-order chi connectivity index (χ1) is 13.6. The second-order valence-corrected chi connectivity index (χ2v) is 10.9. The summed E-state index contributed by atoms with van der Waals surface area (Å²) in [5.41, 5.74) is 3.03. The van der Waals surface area contributed by atoms with Gasteiger partial charge in [0.2, 0.25) is 0 Å². The van der Waals surface area contributed by atoms with Crippen LogP contribution in [0.2, 0.25) is 0 Å². The molecule has 0 radical (unpaired) electrons. The zero-order valence-corrected chi connectivity index (χ0v) is 17.7. The maximum atomic E-state index is 13.7. The molecule has 1 aromatic rings. The van der Waals surface area contributed by atoms with Gasteiger partial charge in [-0.05, 0) is 95.1 Å². The van der Waals surface area contributed by atoms with E-state index in [2.05, 4.69) is 13.8 Å². The summed E-state index contributed by atoms with van der Waals surface area (Å²) < 4.78 is 0. The predicted octanol–water partition coefficient (Wildman–Crippen LogP) is 5.20. The van der Waals surface area contributed by atoms with Gasteiger partial charge in [-0.1, -0.05) is 0 Å². The predicted molar refractivity (Wildman–Crippen MR) is 112 cm³/mol. The highest BCUT2D eigenvalue weighted by atomic mass is 16.6. The van der Waals surface area contributed by atoms with Crippen molar-refractivity contribution in [2.45, 2.75) is 77.7 Å². The molecule has 6 rings (SSSR count). The lowest BCUT2D eigenvalue weighted by atomic mass is 9.48. The van der Waals surface area contributed by atoms with Crippen LogP contribution in [0.25, 0.3) is 0 Å². The fraction of sp³-hybridized carbons (Fsp3) is 0.667. The second-order valence-electron chi connectivity index (χ2n) is 10.9. The summed E-state index contributed by atoms with van der Waals surface area (Å²) in [6.07, 6.45) is 8.16. The molecule has 5 heteroatoms. The van der Waals surface area contributed by atoms with Crippen LogP contribution in [0.5, 0.6) is 0 Å². The number of carbonyl (C=O) groups is 1. The van der Waals surface area contributed by atoms with Gasteiger partial charge in [-0.25, -0.2) is 0 Å². The number of Topliss-reactive ketones (excluding diaryl/α,β-unsaturated/α-hetero) is 1. The van der Waals surface area contributed by atoms with Crippen molar-refractivity contribution in [1.82, 2.24) is 0 Å². The average Bonchev–Trinajstić information content (AvgIpc) is 2.58. The van der Waals surface area contributed by atoms with E-state index >= 15 is 0 Å². The Morgan fingerprint density at radius 3 is 2.28 bits per heavy atom. The van der Waals surface area contributed by atoms with Crippen molar-refractivity contribution in [1.29, 1.82) is 0 Å². The molecule has 4 bridgehead atoms. The van der Waals surface area contributed by atoms with Gasteiger partial charge in [0.25, 0.3) is 5.69 Å². The molecule has 29 heavy (non-hydrogen) atoms. The SMILES string of the molecule is Cc1cc2c(cc1[N+](=O)[O-])C(CC(=O)C13CC4CC(CC(C4)C1)C3)=NC(C)(C)C2. The molecule has 4 fully saturated rings. The van der Waals surface area contributed by atoms with Crippen LogP contribution < -0.4 is 0 Å². The Bertz CT molecular complexity index is 908. The second kappa shape index (κ2) is 6.23. The minimum atomic E-state index is -0.326. The van der Waals surface area contributed by atoms with E-state index < -0.39 is 0 Å². The molecular formula is C24H30N2O3. The molecule has 0 unspecified atom stereocenters. The normalized spacial score (nSPS) is 33.9. The van der Waals surface area contributed by atoms with Crippen molar-refractivity contribution in [2.75, 3.05) is 0 Å². The van der Waals surface area contributed by atoms with Crippen molar-refractivity contribution in [3.63, 3.8) is 0 Å². The summed E-state index contributed by atoms with van der Waals surface area (Å²) in [5, 5.41) is 11.5. The van der Waals surface area contributed by atoms with Crippen molar-refractivity contribution in [3.8, 4) is 0 Å². The molecule has 4 saturated carbocycles. The monoisotopic (exact) mass is 394 g/mol. The summed E-state index contributed by atoms with van der Waals surface area (Å²) >= 11 is 0. The molecule has 5 aliphatic rings. The largest absolute Gasteiger partial charge is 0.299 e. The molecule has 1 heterocycles. The smallest absolute Gasteiger partial charge is 0.272 e. The minimum absolute atomic E-state index is 0.124. The highest BCUT2D eigenvalue weighted by Crippen LogP contribution is 2.60. The van der Waals surface area contributed by atoms with E-state index in [4.69, 9.17) is 4.99 Å². The molecule has 154 valence electrons. The minimum Gasteiger partial charge on any atom is -0.299 e. The van der Waals surface area contributed by atoms with Gasteiger partial charge >= 0.3 is 0 Å². The summed E-state index contributed by atoms with van der Waals surface area (Å²) in [6.45, 7) is 5.96. The first kappa shape index (κ1) is 19.0. The van der Waals surface area contributed by atoms with Crippen LogP contribution in [0, 0.1) is 40.2 Å². The van der Waals surface area contributed by atoms with E-state index in [0.717, 1.165) is 60.3 Å². The average molecular weight is 395 g/mol. The maximum absolute atomic E-state index is 13.7. The number of nitro benzene ring substituents is 1. The Labute approximate surface area is 172 Å². The van der Waals surface area contributed by atoms with E-state index in [0.29, 0.717) is 17.8 Å². The van der Waals surface area contributed by atoms with Crippen molar-refractivity contribution >= 4 is 17.2 Å². The number of rotatable bonds is 4. The highest BCUT2D eigenvalue weighted by molar-refractivity contribution is 6.14. The molecule has 0 amide bonds. The first-order valence-electron chi connectivity index (χ1n) is 11.0. The third-order valence-corrected chi connectivity index (χ3v) is 7.95. The lowest BCUT2D eigenvalue weighted by Gasteiger charge is -2.56. The van der Waals surface area contributed by atoms with Crippen LogP contribution in [0.15, 0.2) is 17.1 Å². The Hall–Kier alpha value is -2.04. The number of benzene rings is 1. The highest BCUT2D eigenvalue weighted by Gasteiger charge is 2.54. The topological polar surface area (TPSA) is 72.6 Å². The standard InChI is InChI=1S/C24H30N2O3/c1-14-4-18-13-23(2,3)25-20(19(18)8-21(14)26(28)29)9-22(27)24-10-15-5-16(11-24)7-17(6-15)12-24/h4,8,15-17H,5-7,9-13H2,1-3H3. The number of hydrogen-bond acceptors (Lipinski definition) is 4. The van der Waals surface area contributed by atoms with Gasteiger partial charge in [0, 0.05) is 29.0 Å². The number of aryl methyl sites for hydroxylation is 1. The van der Waals surface area contributed by atoms with Gasteiger partial charge in [-0.15, -0.1) is 0 Å². The number of ketones is 1. The Morgan fingerprint density at radius 2 is 1.72 bits per heavy atom. The Morgan fingerprint density at radius 1 is 1.14 bits per heavy atom. The Kier molecular flexibility index (Phi) is 4.07. The van der Waals surface area contributed by atoms with Crippen LogP contribution in [-0.4, -0.2) is 22.0 Å². The van der Waals surface area contributed by atoms with E-state index in [1.165, 1.54) is 19.3 Å². The lowest BCUT2D eigenvalue weighted by molar-refractivity contribution is -0.385. The summed E-state index contributed by atoms with van der Waals surface area (Å²) in [7, 11) is 0. The Balaban J connectivity index is 1.49. The lowest BCUT2D eigenvalue weighted by Crippen LogP contribution is -2.50. The van der Waals surface area contributed by atoms with Crippen LogP contribution in [0.1, 0.15) is 75.5 Å². The summed E-state index contributed by atoms with van der Waals surface area (Å²) in [4.78, 5) is 29.7. The molecule has 5 nitrogen and oxygen atoms in total. The molecule has 0 atom stereocenters. The number of fused-ring (bicyclic) bond motifs is 1. The van der Waals surface area contributed by atoms with Crippen molar-refractivity contribution in [3.05, 3.63) is 38.9 Å². The quantitative estimate of drug-likeness (QED) is 0.520. The molecule has 0 spiro atoms. The molecular weight excluding hydrogens is 364 g/mol. The van der Waals surface area contributed by atoms with Crippen LogP contribution in [-0.2, 0) is 11.2 Å². The summed E-state index contributed by atoms with van der Waals surface area (Å²) in [6, 6.07) is 3.59. The number of aliphatic imine (C=N–C) groups is 1. The van der Waals surface area contributed by atoms with Gasteiger partial charge in [0.05, 0.1) is 16.2 Å². The van der Waals surface area contributed by atoms with Gasteiger partial charge in [-0.3, -0.25) is 19.9 Å². The molecule has 0 aromatic heterocycles. The van der Waals surface area contributed by atoms with Crippen molar-refractivity contribution < 1.29 is 9.72 Å².